The molecule has 5 nitrogen and oxygen atoms in total. The molecule has 0 saturated carbocycles. The smallest absolute Gasteiger partial charge is 0.211 e. The Bertz CT molecular complexity index is 496. The first-order valence-corrected chi connectivity index (χ1v) is 8.76. The zero-order valence-corrected chi connectivity index (χ0v) is 12.7. The Hall–Kier alpha value is -1.11. The quantitative estimate of drug-likeness (QED) is 0.736. The molecular formula is C14H22N2O3S. The molecule has 1 aliphatic heterocycles. The van der Waals surface area contributed by atoms with Crippen LogP contribution in [0.4, 0.5) is 0 Å². The van der Waals surface area contributed by atoms with Gasteiger partial charge in [0.05, 0.1) is 12.9 Å². The summed E-state index contributed by atoms with van der Waals surface area (Å²) in [5.74, 6) is 0.898. The van der Waals surface area contributed by atoms with Gasteiger partial charge in [0.25, 0.3) is 0 Å². The predicted molar refractivity (Wildman–Crippen MR) is 79.4 cm³/mol. The van der Waals surface area contributed by atoms with Gasteiger partial charge in [0.1, 0.15) is 5.75 Å². The molecule has 0 atom stereocenters. The summed E-state index contributed by atoms with van der Waals surface area (Å²) in [6, 6.07) is 9.78. The van der Waals surface area contributed by atoms with E-state index in [2.05, 4.69) is 4.90 Å². The van der Waals surface area contributed by atoms with E-state index in [1.807, 2.05) is 30.3 Å². The zero-order valence-electron chi connectivity index (χ0n) is 11.9. The fourth-order valence-electron chi connectivity index (χ4n) is 2.28. The zero-order chi connectivity index (χ0) is 14.4. The van der Waals surface area contributed by atoms with Gasteiger partial charge in [-0.25, -0.2) is 8.42 Å². The highest BCUT2D eigenvalue weighted by atomic mass is 32.2. The molecule has 0 N–H and O–H groups in total. The standard InChI is InChI=1S/C14H22N2O3S/c1-20(17,18)16-11-9-15(10-12-16)8-5-13-19-14-6-3-2-4-7-14/h2-4,6-7H,5,8-13H2,1H3. The summed E-state index contributed by atoms with van der Waals surface area (Å²) < 4.78 is 30.0. The normalized spacial score (nSPS) is 18.1. The molecule has 1 saturated heterocycles. The minimum absolute atomic E-state index is 0.596. The van der Waals surface area contributed by atoms with Crippen molar-refractivity contribution in [3.8, 4) is 5.75 Å². The van der Waals surface area contributed by atoms with Crippen molar-refractivity contribution in [1.29, 1.82) is 0 Å². The molecule has 6 heteroatoms. The van der Waals surface area contributed by atoms with E-state index < -0.39 is 10.0 Å². The van der Waals surface area contributed by atoms with Crippen LogP contribution < -0.4 is 4.74 Å². The van der Waals surface area contributed by atoms with Gasteiger partial charge in [0, 0.05) is 32.7 Å². The minimum atomic E-state index is -3.03. The van der Waals surface area contributed by atoms with Crippen LogP contribution in [0.2, 0.25) is 0 Å². The molecule has 1 aromatic carbocycles. The molecule has 0 spiro atoms. The van der Waals surface area contributed by atoms with Gasteiger partial charge < -0.3 is 9.64 Å². The second-order valence-corrected chi connectivity index (χ2v) is 7.00. The van der Waals surface area contributed by atoms with E-state index in [-0.39, 0.29) is 0 Å². The highest BCUT2D eigenvalue weighted by Gasteiger charge is 2.22. The van der Waals surface area contributed by atoms with Gasteiger partial charge in [-0.3, -0.25) is 0 Å². The van der Waals surface area contributed by atoms with Crippen LogP contribution in [0, 0.1) is 0 Å². The van der Waals surface area contributed by atoms with Crippen LogP contribution >= 0.6 is 0 Å². The van der Waals surface area contributed by atoms with Crippen molar-refractivity contribution in [2.75, 3.05) is 45.6 Å². The lowest BCUT2D eigenvalue weighted by Crippen LogP contribution is -2.48. The third kappa shape index (κ3) is 4.77. The largest absolute Gasteiger partial charge is 0.494 e. The maximum absolute atomic E-state index is 11.4. The van der Waals surface area contributed by atoms with E-state index in [4.69, 9.17) is 4.74 Å². The first-order valence-electron chi connectivity index (χ1n) is 6.91. The highest BCUT2D eigenvalue weighted by Crippen LogP contribution is 2.09. The first-order chi connectivity index (χ1) is 9.55. The second kappa shape index (κ2) is 7.06. The Balaban J connectivity index is 1.62. The number of benzene rings is 1. The average Bonchev–Trinajstić information content (AvgIpc) is 2.44. The third-order valence-corrected chi connectivity index (χ3v) is 4.73. The predicted octanol–water partition coefficient (Wildman–Crippen LogP) is 1.03. The summed E-state index contributed by atoms with van der Waals surface area (Å²) in [6.45, 7) is 4.44. The number of para-hydroxylation sites is 1. The fraction of sp³-hybridized carbons (Fsp3) is 0.571. The van der Waals surface area contributed by atoms with Gasteiger partial charge in [-0.2, -0.15) is 4.31 Å². The summed E-state index contributed by atoms with van der Waals surface area (Å²) >= 11 is 0. The van der Waals surface area contributed by atoms with E-state index in [9.17, 15) is 8.42 Å². The molecule has 0 unspecified atom stereocenters. The van der Waals surface area contributed by atoms with Crippen molar-refractivity contribution in [3.63, 3.8) is 0 Å². The highest BCUT2D eigenvalue weighted by molar-refractivity contribution is 7.88. The van der Waals surface area contributed by atoms with Crippen molar-refractivity contribution in [1.82, 2.24) is 9.21 Å². The van der Waals surface area contributed by atoms with Gasteiger partial charge in [-0.15, -0.1) is 0 Å². The van der Waals surface area contributed by atoms with Crippen LogP contribution in [0.15, 0.2) is 30.3 Å². The molecule has 1 heterocycles. The molecule has 0 aromatic heterocycles. The Kier molecular flexibility index (Phi) is 5.39. The monoisotopic (exact) mass is 298 g/mol. The van der Waals surface area contributed by atoms with Gasteiger partial charge in [-0.05, 0) is 18.6 Å². The first kappa shape index (κ1) is 15.3. The van der Waals surface area contributed by atoms with Gasteiger partial charge in [-0.1, -0.05) is 18.2 Å². The van der Waals surface area contributed by atoms with Crippen LogP contribution in [0.1, 0.15) is 6.42 Å². The Labute approximate surface area is 121 Å². The molecular weight excluding hydrogens is 276 g/mol. The van der Waals surface area contributed by atoms with Crippen LogP contribution in [0.3, 0.4) is 0 Å². The maximum Gasteiger partial charge on any atom is 0.211 e. The molecule has 1 aliphatic rings. The molecule has 20 heavy (non-hydrogen) atoms. The molecule has 0 bridgehead atoms. The molecule has 0 aliphatic carbocycles. The molecule has 0 amide bonds. The maximum atomic E-state index is 11.4. The molecule has 1 fully saturated rings. The molecule has 0 radical (unpaired) electrons. The number of hydrogen-bond acceptors (Lipinski definition) is 4. The van der Waals surface area contributed by atoms with E-state index in [1.165, 1.54) is 6.26 Å². The van der Waals surface area contributed by atoms with Crippen LogP contribution in [0.25, 0.3) is 0 Å². The van der Waals surface area contributed by atoms with E-state index in [1.54, 1.807) is 4.31 Å². The van der Waals surface area contributed by atoms with E-state index >= 15 is 0 Å². The van der Waals surface area contributed by atoms with Crippen molar-refractivity contribution in [2.45, 2.75) is 6.42 Å². The number of rotatable bonds is 6. The molecule has 2 rings (SSSR count). The SMILES string of the molecule is CS(=O)(=O)N1CCN(CCCOc2ccccc2)CC1. The number of piperazine rings is 1. The lowest BCUT2D eigenvalue weighted by atomic mass is 10.3. The summed E-state index contributed by atoms with van der Waals surface area (Å²) in [5.41, 5.74) is 0. The average molecular weight is 298 g/mol. The number of nitrogens with zero attached hydrogens (tertiary/aromatic N) is 2. The summed E-state index contributed by atoms with van der Waals surface area (Å²) in [6.07, 6.45) is 2.23. The topological polar surface area (TPSA) is 49.9 Å². The van der Waals surface area contributed by atoms with E-state index in [0.717, 1.165) is 31.8 Å². The Morgan fingerprint density at radius 1 is 1.10 bits per heavy atom. The Morgan fingerprint density at radius 3 is 2.35 bits per heavy atom. The second-order valence-electron chi connectivity index (χ2n) is 5.02. The molecule has 1 aromatic rings. The van der Waals surface area contributed by atoms with Crippen molar-refractivity contribution in [2.24, 2.45) is 0 Å². The third-order valence-electron chi connectivity index (χ3n) is 3.43. The van der Waals surface area contributed by atoms with Crippen LogP contribution in [-0.4, -0.2) is 63.2 Å². The lowest BCUT2D eigenvalue weighted by molar-refractivity contribution is 0.175. The number of ether oxygens (including phenoxy) is 1. The van der Waals surface area contributed by atoms with Gasteiger partial charge in [0.15, 0.2) is 0 Å². The number of hydrogen-bond donors (Lipinski definition) is 0. The Morgan fingerprint density at radius 2 is 1.75 bits per heavy atom. The summed E-state index contributed by atoms with van der Waals surface area (Å²) in [7, 11) is -3.03. The van der Waals surface area contributed by atoms with Crippen molar-refractivity contribution < 1.29 is 13.2 Å². The van der Waals surface area contributed by atoms with Crippen molar-refractivity contribution >= 4 is 10.0 Å². The minimum Gasteiger partial charge on any atom is -0.494 e. The van der Waals surface area contributed by atoms with Crippen LogP contribution in [-0.2, 0) is 10.0 Å². The summed E-state index contributed by atoms with van der Waals surface area (Å²) in [4.78, 5) is 2.29. The fourth-order valence-corrected chi connectivity index (χ4v) is 3.11. The van der Waals surface area contributed by atoms with Gasteiger partial charge in [0.2, 0.25) is 10.0 Å². The van der Waals surface area contributed by atoms with E-state index in [0.29, 0.717) is 19.7 Å². The van der Waals surface area contributed by atoms with Crippen LogP contribution in [0.5, 0.6) is 5.75 Å². The van der Waals surface area contributed by atoms with Crippen molar-refractivity contribution in [3.05, 3.63) is 30.3 Å². The molecule has 112 valence electrons. The number of sulfonamides is 1. The van der Waals surface area contributed by atoms with Gasteiger partial charge >= 0.3 is 0 Å². The lowest BCUT2D eigenvalue weighted by Gasteiger charge is -2.33. The summed E-state index contributed by atoms with van der Waals surface area (Å²) in [5, 5.41) is 0.